The summed E-state index contributed by atoms with van der Waals surface area (Å²) >= 11 is 0. The van der Waals surface area contributed by atoms with Crippen LogP contribution in [-0.2, 0) is 4.79 Å². The Bertz CT molecular complexity index is 329. The van der Waals surface area contributed by atoms with Crippen molar-refractivity contribution in [3.63, 3.8) is 0 Å². The van der Waals surface area contributed by atoms with Crippen molar-refractivity contribution in [1.29, 1.82) is 0 Å². The van der Waals surface area contributed by atoms with Crippen LogP contribution >= 0.6 is 0 Å². The van der Waals surface area contributed by atoms with Gasteiger partial charge in [-0.1, -0.05) is 0 Å². The van der Waals surface area contributed by atoms with Crippen molar-refractivity contribution in [3.8, 4) is 0 Å². The van der Waals surface area contributed by atoms with Gasteiger partial charge in [0.2, 0.25) is 5.91 Å². The summed E-state index contributed by atoms with van der Waals surface area (Å²) < 4.78 is 0. The van der Waals surface area contributed by atoms with E-state index in [1.54, 1.807) is 0 Å². The van der Waals surface area contributed by atoms with E-state index in [0.717, 1.165) is 38.9 Å². The van der Waals surface area contributed by atoms with Crippen LogP contribution in [0.15, 0.2) is 0 Å². The Morgan fingerprint density at radius 2 is 2.16 bits per heavy atom. The van der Waals surface area contributed by atoms with Crippen LogP contribution in [0.25, 0.3) is 0 Å². The maximum absolute atomic E-state index is 12.2. The second-order valence-electron chi connectivity index (χ2n) is 5.59. The molecule has 2 atom stereocenters. The lowest BCUT2D eigenvalue weighted by Gasteiger charge is -2.33. The fraction of sp³-hybridized carbons (Fsp3) is 0.846. The molecule has 2 fully saturated rings. The van der Waals surface area contributed by atoms with Gasteiger partial charge in [-0.15, -0.1) is 0 Å². The molecule has 4 N–H and O–H groups in total. The number of hydrogen-bond donors (Lipinski definition) is 3. The number of urea groups is 1. The third-order valence-corrected chi connectivity index (χ3v) is 4.02. The van der Waals surface area contributed by atoms with E-state index >= 15 is 0 Å². The zero-order valence-electron chi connectivity index (χ0n) is 11.4. The van der Waals surface area contributed by atoms with Gasteiger partial charge in [0.05, 0.1) is 0 Å². The molecule has 0 aliphatic carbocycles. The minimum Gasteiger partial charge on any atom is -0.352 e. The monoisotopic (exact) mass is 268 g/mol. The third kappa shape index (κ3) is 4.38. The van der Waals surface area contributed by atoms with E-state index in [2.05, 4.69) is 10.6 Å². The second kappa shape index (κ2) is 6.75. The Balaban J connectivity index is 1.75. The minimum absolute atomic E-state index is 0.239. The molecule has 2 unspecified atom stereocenters. The largest absolute Gasteiger partial charge is 0.352 e. The summed E-state index contributed by atoms with van der Waals surface area (Å²) in [5.41, 5.74) is 5.07. The lowest BCUT2D eigenvalue weighted by Crippen LogP contribution is -2.45. The van der Waals surface area contributed by atoms with Gasteiger partial charge in [0.15, 0.2) is 0 Å². The van der Waals surface area contributed by atoms with E-state index in [4.69, 9.17) is 5.73 Å². The molecular weight excluding hydrogens is 244 g/mol. The molecular formula is C13H24N4O2. The standard InChI is InChI=1S/C13H24N4O2/c14-13(19)16-8-10-3-2-6-17(9-10)12(18)7-11-4-1-5-15-11/h10-11,15H,1-9H2,(H3,14,16,19). The normalized spacial score (nSPS) is 27.3. The zero-order chi connectivity index (χ0) is 13.7. The fourth-order valence-corrected chi connectivity index (χ4v) is 2.97. The SMILES string of the molecule is NC(=O)NCC1CCCN(C(=O)CC2CCCN2)C1. The van der Waals surface area contributed by atoms with Gasteiger partial charge in [-0.05, 0) is 38.1 Å². The molecule has 0 radical (unpaired) electrons. The van der Waals surface area contributed by atoms with Crippen LogP contribution in [0, 0.1) is 5.92 Å². The van der Waals surface area contributed by atoms with Gasteiger partial charge in [0.1, 0.15) is 0 Å². The quantitative estimate of drug-likeness (QED) is 0.672. The first-order valence-electron chi connectivity index (χ1n) is 7.19. The van der Waals surface area contributed by atoms with E-state index in [-0.39, 0.29) is 5.91 Å². The van der Waals surface area contributed by atoms with Gasteiger partial charge in [0.25, 0.3) is 0 Å². The molecule has 0 spiro atoms. The Hall–Kier alpha value is -1.30. The summed E-state index contributed by atoms with van der Waals surface area (Å²) in [5.74, 6) is 0.574. The second-order valence-corrected chi connectivity index (χ2v) is 5.59. The lowest BCUT2D eigenvalue weighted by molar-refractivity contribution is -0.133. The minimum atomic E-state index is -0.487. The smallest absolute Gasteiger partial charge is 0.312 e. The van der Waals surface area contributed by atoms with Crippen LogP contribution in [0.5, 0.6) is 0 Å². The van der Waals surface area contributed by atoms with Gasteiger partial charge < -0.3 is 21.3 Å². The fourth-order valence-electron chi connectivity index (χ4n) is 2.97. The number of hydrogen-bond acceptors (Lipinski definition) is 3. The molecule has 3 amide bonds. The highest BCUT2D eigenvalue weighted by Gasteiger charge is 2.26. The summed E-state index contributed by atoms with van der Waals surface area (Å²) in [6.45, 7) is 3.19. The molecule has 2 aliphatic heterocycles. The number of amides is 3. The molecule has 2 rings (SSSR count). The average Bonchev–Trinajstić information content (AvgIpc) is 2.89. The Morgan fingerprint density at radius 1 is 1.32 bits per heavy atom. The number of primary amides is 1. The van der Waals surface area contributed by atoms with Crippen LogP contribution in [-0.4, -0.2) is 49.1 Å². The van der Waals surface area contributed by atoms with Crippen LogP contribution in [0.1, 0.15) is 32.1 Å². The van der Waals surface area contributed by atoms with E-state index in [9.17, 15) is 9.59 Å². The highest BCUT2D eigenvalue weighted by atomic mass is 16.2. The highest BCUT2D eigenvalue weighted by molar-refractivity contribution is 5.77. The van der Waals surface area contributed by atoms with Crippen molar-refractivity contribution in [2.24, 2.45) is 11.7 Å². The predicted molar refractivity (Wildman–Crippen MR) is 72.5 cm³/mol. The molecule has 108 valence electrons. The van der Waals surface area contributed by atoms with Crippen molar-refractivity contribution < 1.29 is 9.59 Å². The molecule has 2 aliphatic rings. The number of nitrogens with zero attached hydrogens (tertiary/aromatic N) is 1. The number of likely N-dealkylation sites (tertiary alicyclic amines) is 1. The van der Waals surface area contributed by atoms with E-state index in [0.29, 0.717) is 24.9 Å². The summed E-state index contributed by atoms with van der Waals surface area (Å²) in [6.07, 6.45) is 4.94. The van der Waals surface area contributed by atoms with E-state index in [1.807, 2.05) is 4.90 Å². The Kier molecular flexibility index (Phi) is 5.01. The predicted octanol–water partition coefficient (Wildman–Crippen LogP) is 0.0354. The van der Waals surface area contributed by atoms with Crippen molar-refractivity contribution in [3.05, 3.63) is 0 Å². The molecule has 0 aromatic rings. The number of nitrogens with one attached hydrogen (secondary N) is 2. The molecule has 6 nitrogen and oxygen atoms in total. The topological polar surface area (TPSA) is 87.5 Å². The van der Waals surface area contributed by atoms with Gasteiger partial charge in [-0.2, -0.15) is 0 Å². The Morgan fingerprint density at radius 3 is 2.84 bits per heavy atom. The summed E-state index contributed by atoms with van der Waals surface area (Å²) in [5, 5.41) is 5.99. The third-order valence-electron chi connectivity index (χ3n) is 4.02. The Labute approximate surface area is 114 Å². The summed E-state index contributed by atoms with van der Waals surface area (Å²) in [4.78, 5) is 24.9. The first-order chi connectivity index (χ1) is 9.15. The van der Waals surface area contributed by atoms with Gasteiger partial charge in [0, 0.05) is 32.1 Å². The molecule has 0 saturated carbocycles. The number of piperidine rings is 1. The van der Waals surface area contributed by atoms with E-state index in [1.165, 1.54) is 6.42 Å². The highest BCUT2D eigenvalue weighted by Crippen LogP contribution is 2.18. The van der Waals surface area contributed by atoms with Crippen molar-refractivity contribution in [2.45, 2.75) is 38.1 Å². The van der Waals surface area contributed by atoms with Crippen molar-refractivity contribution >= 4 is 11.9 Å². The van der Waals surface area contributed by atoms with E-state index < -0.39 is 6.03 Å². The number of nitrogens with two attached hydrogens (primary N) is 1. The summed E-state index contributed by atoms with van der Waals surface area (Å²) in [6, 6.07) is -0.129. The average molecular weight is 268 g/mol. The molecule has 2 saturated heterocycles. The summed E-state index contributed by atoms with van der Waals surface area (Å²) in [7, 11) is 0. The van der Waals surface area contributed by atoms with Gasteiger partial charge in [-0.3, -0.25) is 4.79 Å². The first-order valence-corrected chi connectivity index (χ1v) is 7.19. The maximum Gasteiger partial charge on any atom is 0.312 e. The first kappa shape index (κ1) is 14.1. The maximum atomic E-state index is 12.2. The van der Waals surface area contributed by atoms with Crippen molar-refractivity contribution in [1.82, 2.24) is 15.5 Å². The van der Waals surface area contributed by atoms with Gasteiger partial charge >= 0.3 is 6.03 Å². The molecule has 6 heteroatoms. The van der Waals surface area contributed by atoms with Crippen molar-refractivity contribution in [2.75, 3.05) is 26.2 Å². The molecule has 0 aromatic heterocycles. The van der Waals surface area contributed by atoms with Crippen LogP contribution in [0.3, 0.4) is 0 Å². The lowest BCUT2D eigenvalue weighted by atomic mass is 9.97. The van der Waals surface area contributed by atoms with Crippen LogP contribution in [0.2, 0.25) is 0 Å². The zero-order valence-corrected chi connectivity index (χ0v) is 11.4. The number of carbonyl (C=O) groups excluding carboxylic acids is 2. The molecule has 2 heterocycles. The molecule has 0 bridgehead atoms. The van der Waals surface area contributed by atoms with Crippen LogP contribution < -0.4 is 16.4 Å². The number of carbonyl (C=O) groups is 2. The molecule has 0 aromatic carbocycles. The molecule has 19 heavy (non-hydrogen) atoms. The van der Waals surface area contributed by atoms with Gasteiger partial charge in [-0.25, -0.2) is 4.79 Å². The number of rotatable bonds is 4. The van der Waals surface area contributed by atoms with Crippen LogP contribution in [0.4, 0.5) is 4.79 Å².